The summed E-state index contributed by atoms with van der Waals surface area (Å²) < 4.78 is 5.22. The summed E-state index contributed by atoms with van der Waals surface area (Å²) in [5.74, 6) is -1.38. The van der Waals surface area contributed by atoms with Crippen molar-refractivity contribution in [3.63, 3.8) is 0 Å². The van der Waals surface area contributed by atoms with Gasteiger partial charge in [-0.05, 0) is 24.0 Å². The van der Waals surface area contributed by atoms with Crippen molar-refractivity contribution in [1.82, 2.24) is 5.32 Å². The molecule has 0 radical (unpaired) electrons. The molecule has 1 fully saturated rings. The number of nitrogens with one attached hydrogen (secondary N) is 1. The second-order valence-corrected chi connectivity index (χ2v) is 5.78. The Labute approximate surface area is 123 Å². The third-order valence-electron chi connectivity index (χ3n) is 4.57. The molecule has 2 aliphatic rings. The second kappa shape index (κ2) is 5.48. The van der Waals surface area contributed by atoms with E-state index < -0.39 is 11.5 Å². The van der Waals surface area contributed by atoms with E-state index in [1.54, 1.807) is 0 Å². The van der Waals surface area contributed by atoms with Crippen molar-refractivity contribution < 1.29 is 19.4 Å². The summed E-state index contributed by atoms with van der Waals surface area (Å²) in [6, 6.07) is 7.89. The Hall–Kier alpha value is -1.88. The van der Waals surface area contributed by atoms with Gasteiger partial charge in [0.15, 0.2) is 0 Å². The number of carbonyl (C=O) groups excluding carboxylic acids is 1. The minimum Gasteiger partial charge on any atom is -0.480 e. The van der Waals surface area contributed by atoms with Gasteiger partial charge < -0.3 is 15.2 Å². The summed E-state index contributed by atoms with van der Waals surface area (Å²) in [6.45, 7) is 0.738. The van der Waals surface area contributed by atoms with E-state index in [9.17, 15) is 14.7 Å². The van der Waals surface area contributed by atoms with Crippen LogP contribution in [0.15, 0.2) is 24.3 Å². The second-order valence-electron chi connectivity index (χ2n) is 5.78. The first kappa shape index (κ1) is 14.1. The first-order valence-electron chi connectivity index (χ1n) is 7.33. The lowest BCUT2D eigenvalue weighted by Gasteiger charge is -2.34. The molecule has 0 spiro atoms. The average molecular weight is 289 g/mol. The van der Waals surface area contributed by atoms with Crippen LogP contribution in [0.25, 0.3) is 0 Å². The molecule has 1 aliphatic heterocycles. The van der Waals surface area contributed by atoms with E-state index in [1.807, 2.05) is 24.3 Å². The molecule has 0 saturated carbocycles. The summed E-state index contributed by atoms with van der Waals surface area (Å²) in [6.07, 6.45) is 2.26. The molecule has 5 heteroatoms. The van der Waals surface area contributed by atoms with Gasteiger partial charge in [-0.15, -0.1) is 0 Å². The van der Waals surface area contributed by atoms with E-state index in [0.717, 1.165) is 18.4 Å². The molecule has 21 heavy (non-hydrogen) atoms. The van der Waals surface area contributed by atoms with Crippen LogP contribution in [-0.2, 0) is 20.7 Å². The molecule has 1 heterocycles. The number of fused-ring (bicyclic) bond motifs is 1. The lowest BCUT2D eigenvalue weighted by atomic mass is 9.88. The molecular weight excluding hydrogens is 270 g/mol. The van der Waals surface area contributed by atoms with Crippen LogP contribution in [0.4, 0.5) is 0 Å². The smallest absolute Gasteiger partial charge is 0.329 e. The van der Waals surface area contributed by atoms with Gasteiger partial charge in [0.05, 0.1) is 5.92 Å². The molecule has 1 aromatic carbocycles. The topological polar surface area (TPSA) is 75.6 Å². The van der Waals surface area contributed by atoms with Crippen molar-refractivity contribution in [2.75, 3.05) is 13.2 Å². The van der Waals surface area contributed by atoms with Gasteiger partial charge >= 0.3 is 5.97 Å². The Morgan fingerprint density at radius 1 is 1.24 bits per heavy atom. The fourth-order valence-corrected chi connectivity index (χ4v) is 3.26. The van der Waals surface area contributed by atoms with Crippen LogP contribution in [0.2, 0.25) is 0 Å². The van der Waals surface area contributed by atoms with E-state index in [1.165, 1.54) is 5.56 Å². The Balaban J connectivity index is 1.78. The van der Waals surface area contributed by atoms with E-state index >= 15 is 0 Å². The van der Waals surface area contributed by atoms with Crippen molar-refractivity contribution in [3.8, 4) is 0 Å². The lowest BCUT2D eigenvalue weighted by molar-refractivity contribution is -0.152. The minimum absolute atomic E-state index is 0.177. The van der Waals surface area contributed by atoms with E-state index in [0.29, 0.717) is 26.1 Å². The Bertz CT molecular complexity index is 563. The molecule has 1 aliphatic carbocycles. The number of benzene rings is 1. The number of rotatable bonds is 3. The Morgan fingerprint density at radius 2 is 1.95 bits per heavy atom. The largest absolute Gasteiger partial charge is 0.480 e. The normalized spacial score (nSPS) is 23.3. The summed E-state index contributed by atoms with van der Waals surface area (Å²) >= 11 is 0. The van der Waals surface area contributed by atoms with Gasteiger partial charge in [-0.1, -0.05) is 24.3 Å². The number of ether oxygens (including phenoxy) is 1. The van der Waals surface area contributed by atoms with Gasteiger partial charge in [0.1, 0.15) is 5.54 Å². The maximum atomic E-state index is 12.6. The summed E-state index contributed by atoms with van der Waals surface area (Å²) in [7, 11) is 0. The SMILES string of the molecule is O=C(NC1(C(=O)O)CCOCC1)C1CCc2ccccc21. The maximum Gasteiger partial charge on any atom is 0.329 e. The van der Waals surface area contributed by atoms with Gasteiger partial charge in [-0.3, -0.25) is 4.79 Å². The van der Waals surface area contributed by atoms with Crippen LogP contribution in [0, 0.1) is 0 Å². The maximum absolute atomic E-state index is 12.6. The highest BCUT2D eigenvalue weighted by Gasteiger charge is 2.43. The molecule has 1 unspecified atom stereocenters. The summed E-state index contributed by atoms with van der Waals surface area (Å²) in [5, 5.41) is 12.3. The van der Waals surface area contributed by atoms with E-state index in [-0.39, 0.29) is 11.8 Å². The molecule has 1 amide bonds. The van der Waals surface area contributed by atoms with Crippen LogP contribution in [0.3, 0.4) is 0 Å². The quantitative estimate of drug-likeness (QED) is 0.883. The van der Waals surface area contributed by atoms with Crippen LogP contribution in [0.1, 0.15) is 36.3 Å². The molecule has 1 aromatic rings. The lowest BCUT2D eigenvalue weighted by Crippen LogP contribution is -2.58. The third-order valence-corrected chi connectivity index (χ3v) is 4.57. The third kappa shape index (κ3) is 2.53. The summed E-state index contributed by atoms with van der Waals surface area (Å²) in [5.41, 5.74) is 1.05. The predicted octanol–water partition coefficient (Wildman–Crippen LogP) is 1.47. The molecule has 3 rings (SSSR count). The van der Waals surface area contributed by atoms with Gasteiger partial charge in [0.2, 0.25) is 5.91 Å². The first-order chi connectivity index (χ1) is 10.1. The Morgan fingerprint density at radius 3 is 2.67 bits per heavy atom. The average Bonchev–Trinajstić information content (AvgIpc) is 2.92. The number of hydrogen-bond acceptors (Lipinski definition) is 3. The number of aryl methyl sites for hydroxylation is 1. The van der Waals surface area contributed by atoms with Gasteiger partial charge in [0.25, 0.3) is 0 Å². The molecule has 1 saturated heterocycles. The molecule has 5 nitrogen and oxygen atoms in total. The standard InChI is InChI=1S/C16H19NO4/c18-14(13-6-5-11-3-1-2-4-12(11)13)17-16(15(19)20)7-9-21-10-8-16/h1-4,13H,5-10H2,(H,17,18)(H,19,20). The number of hydrogen-bond donors (Lipinski definition) is 2. The fourth-order valence-electron chi connectivity index (χ4n) is 3.26. The zero-order valence-electron chi connectivity index (χ0n) is 11.8. The van der Waals surface area contributed by atoms with E-state index in [4.69, 9.17) is 4.74 Å². The molecule has 0 bridgehead atoms. The number of carboxylic acids is 1. The van der Waals surface area contributed by atoms with Gasteiger partial charge in [-0.2, -0.15) is 0 Å². The van der Waals surface area contributed by atoms with Crippen LogP contribution in [-0.4, -0.2) is 35.7 Å². The fraction of sp³-hybridized carbons (Fsp3) is 0.500. The van der Waals surface area contributed by atoms with Crippen molar-refractivity contribution in [3.05, 3.63) is 35.4 Å². The molecular formula is C16H19NO4. The predicted molar refractivity (Wildman–Crippen MR) is 76.1 cm³/mol. The number of aliphatic carboxylic acids is 1. The van der Waals surface area contributed by atoms with Crippen LogP contribution < -0.4 is 5.32 Å². The molecule has 2 N–H and O–H groups in total. The minimum atomic E-state index is -1.17. The monoisotopic (exact) mass is 289 g/mol. The van der Waals surface area contributed by atoms with Crippen LogP contribution in [0.5, 0.6) is 0 Å². The van der Waals surface area contributed by atoms with E-state index in [2.05, 4.69) is 5.32 Å². The molecule has 0 aromatic heterocycles. The number of carboxylic acid groups (broad SMARTS) is 1. The highest BCUT2D eigenvalue weighted by molar-refractivity contribution is 5.91. The zero-order chi connectivity index (χ0) is 14.9. The number of carbonyl (C=O) groups is 2. The molecule has 1 atom stereocenters. The van der Waals surface area contributed by atoms with Gasteiger partial charge in [-0.25, -0.2) is 4.79 Å². The molecule has 112 valence electrons. The van der Waals surface area contributed by atoms with Crippen molar-refractivity contribution in [2.45, 2.75) is 37.1 Å². The van der Waals surface area contributed by atoms with Crippen LogP contribution >= 0.6 is 0 Å². The Kier molecular flexibility index (Phi) is 3.68. The van der Waals surface area contributed by atoms with Crippen molar-refractivity contribution >= 4 is 11.9 Å². The highest BCUT2D eigenvalue weighted by atomic mass is 16.5. The van der Waals surface area contributed by atoms with Crippen molar-refractivity contribution in [1.29, 1.82) is 0 Å². The highest BCUT2D eigenvalue weighted by Crippen LogP contribution is 2.34. The zero-order valence-corrected chi connectivity index (χ0v) is 11.8. The first-order valence-corrected chi connectivity index (χ1v) is 7.33. The summed E-state index contributed by atoms with van der Waals surface area (Å²) in [4.78, 5) is 24.2. The van der Waals surface area contributed by atoms with Gasteiger partial charge in [0, 0.05) is 26.1 Å². The number of amides is 1. The van der Waals surface area contributed by atoms with Crippen molar-refractivity contribution in [2.24, 2.45) is 0 Å².